The fourth-order valence-corrected chi connectivity index (χ4v) is 5.34. The maximum atomic E-state index is 13.0. The van der Waals surface area contributed by atoms with Crippen LogP contribution < -0.4 is 4.31 Å². The number of hydrogen-bond donors (Lipinski definition) is 1. The molecule has 1 unspecified atom stereocenters. The molecule has 0 bridgehead atoms. The Morgan fingerprint density at radius 1 is 1.26 bits per heavy atom. The van der Waals surface area contributed by atoms with Crippen LogP contribution in [0.15, 0.2) is 24.3 Å². The highest BCUT2D eigenvalue weighted by Gasteiger charge is 2.44. The van der Waals surface area contributed by atoms with Crippen LogP contribution in [0.4, 0.5) is 5.69 Å². The van der Waals surface area contributed by atoms with Gasteiger partial charge in [-0.2, -0.15) is 12.7 Å². The van der Waals surface area contributed by atoms with E-state index in [9.17, 15) is 18.3 Å². The number of hydrogen-bond acceptors (Lipinski definition) is 3. The highest BCUT2D eigenvalue weighted by molar-refractivity contribution is 7.90. The zero-order chi connectivity index (χ0) is 16.6. The van der Waals surface area contributed by atoms with Gasteiger partial charge in [-0.05, 0) is 30.4 Å². The molecule has 1 fully saturated rings. The third-order valence-corrected chi connectivity index (χ3v) is 6.90. The Balaban J connectivity index is 1.92. The van der Waals surface area contributed by atoms with Crippen molar-refractivity contribution in [2.45, 2.75) is 38.6 Å². The van der Waals surface area contributed by atoms with Gasteiger partial charge in [-0.15, -0.1) is 0 Å². The molecule has 0 aliphatic carbocycles. The van der Waals surface area contributed by atoms with E-state index in [1.165, 1.54) is 4.31 Å². The summed E-state index contributed by atoms with van der Waals surface area (Å²) >= 11 is 0. The molecular weight excluding hydrogens is 316 g/mol. The molecule has 3 rings (SSSR count). The molecule has 1 aromatic carbocycles. The Labute approximate surface area is 136 Å². The van der Waals surface area contributed by atoms with Crippen LogP contribution in [-0.2, 0) is 21.4 Å². The Bertz CT molecular complexity index is 696. The second-order valence-corrected chi connectivity index (χ2v) is 8.05. The van der Waals surface area contributed by atoms with Crippen LogP contribution in [-0.4, -0.2) is 42.9 Å². The van der Waals surface area contributed by atoms with E-state index < -0.39 is 22.2 Å². The van der Waals surface area contributed by atoms with Crippen molar-refractivity contribution in [1.82, 2.24) is 4.31 Å². The van der Waals surface area contributed by atoms with E-state index in [0.717, 1.165) is 29.1 Å². The topological polar surface area (TPSA) is 77.9 Å². The molecule has 1 N–H and O–H groups in total. The lowest BCUT2D eigenvalue weighted by Gasteiger charge is -2.35. The van der Waals surface area contributed by atoms with Crippen LogP contribution in [0.2, 0.25) is 0 Å². The van der Waals surface area contributed by atoms with Gasteiger partial charge in [0, 0.05) is 19.5 Å². The van der Waals surface area contributed by atoms with E-state index in [2.05, 4.69) is 6.92 Å². The molecule has 2 aliphatic heterocycles. The van der Waals surface area contributed by atoms with Gasteiger partial charge in [0.15, 0.2) is 0 Å². The number of fused-ring (bicyclic) bond motifs is 1. The average Bonchev–Trinajstić information content (AvgIpc) is 2.95. The monoisotopic (exact) mass is 338 g/mol. The maximum Gasteiger partial charge on any atom is 0.327 e. The number of anilines is 1. The number of benzene rings is 1. The molecule has 0 aromatic heterocycles. The number of carbonyl (C=O) groups is 1. The zero-order valence-electron chi connectivity index (χ0n) is 13.2. The predicted octanol–water partition coefficient (Wildman–Crippen LogP) is 1.87. The highest BCUT2D eigenvalue weighted by Crippen LogP contribution is 2.36. The SMILES string of the molecule is CCC1CCN(S(=O)(=O)N2c3ccccc3CC2C(=O)O)CC1. The van der Waals surface area contributed by atoms with Gasteiger partial charge < -0.3 is 5.11 Å². The second-order valence-electron chi connectivity index (χ2n) is 6.24. The van der Waals surface area contributed by atoms with E-state index in [4.69, 9.17) is 0 Å². The lowest BCUT2D eigenvalue weighted by Crippen LogP contribution is -2.52. The Kier molecular flexibility index (Phi) is 4.33. The molecule has 0 radical (unpaired) electrons. The summed E-state index contributed by atoms with van der Waals surface area (Å²) in [4.78, 5) is 11.6. The van der Waals surface area contributed by atoms with Crippen molar-refractivity contribution in [3.8, 4) is 0 Å². The standard InChI is InChI=1S/C16H22N2O4S/c1-2-12-7-9-17(10-8-12)23(21,22)18-14-6-4-3-5-13(14)11-15(18)16(19)20/h3-6,12,15H,2,7-11H2,1H3,(H,19,20). The summed E-state index contributed by atoms with van der Waals surface area (Å²) in [6.45, 7) is 3.05. The van der Waals surface area contributed by atoms with Crippen molar-refractivity contribution in [3.63, 3.8) is 0 Å². The van der Waals surface area contributed by atoms with E-state index in [1.807, 2.05) is 0 Å². The molecule has 7 heteroatoms. The number of nitrogens with zero attached hydrogens (tertiary/aromatic N) is 2. The van der Waals surface area contributed by atoms with Crippen LogP contribution in [0, 0.1) is 5.92 Å². The first-order valence-electron chi connectivity index (χ1n) is 8.05. The van der Waals surface area contributed by atoms with Crippen molar-refractivity contribution in [2.75, 3.05) is 17.4 Å². The third kappa shape index (κ3) is 2.83. The average molecular weight is 338 g/mol. The van der Waals surface area contributed by atoms with Gasteiger partial charge in [-0.3, -0.25) is 0 Å². The molecule has 23 heavy (non-hydrogen) atoms. The summed E-state index contributed by atoms with van der Waals surface area (Å²) < 4.78 is 28.6. The van der Waals surface area contributed by atoms with Gasteiger partial charge in [-0.25, -0.2) is 9.10 Å². The molecule has 6 nitrogen and oxygen atoms in total. The molecule has 2 heterocycles. The summed E-state index contributed by atoms with van der Waals surface area (Å²) in [7, 11) is -3.82. The van der Waals surface area contributed by atoms with Gasteiger partial charge in [0.25, 0.3) is 0 Å². The Hall–Kier alpha value is -1.60. The van der Waals surface area contributed by atoms with Gasteiger partial charge in [0.2, 0.25) is 0 Å². The van der Waals surface area contributed by atoms with Crippen molar-refractivity contribution in [3.05, 3.63) is 29.8 Å². The first-order valence-corrected chi connectivity index (χ1v) is 9.45. The van der Waals surface area contributed by atoms with Crippen LogP contribution >= 0.6 is 0 Å². The predicted molar refractivity (Wildman–Crippen MR) is 87.6 cm³/mol. The number of rotatable bonds is 4. The van der Waals surface area contributed by atoms with Crippen molar-refractivity contribution in [2.24, 2.45) is 5.92 Å². The van der Waals surface area contributed by atoms with Crippen LogP contribution in [0.5, 0.6) is 0 Å². The number of piperidine rings is 1. The Morgan fingerprint density at radius 2 is 1.91 bits per heavy atom. The van der Waals surface area contributed by atoms with E-state index in [-0.39, 0.29) is 6.42 Å². The minimum atomic E-state index is -3.82. The molecule has 126 valence electrons. The van der Waals surface area contributed by atoms with E-state index >= 15 is 0 Å². The molecule has 0 amide bonds. The molecule has 0 spiro atoms. The largest absolute Gasteiger partial charge is 0.480 e. The summed E-state index contributed by atoms with van der Waals surface area (Å²) in [6.07, 6.45) is 2.94. The fraction of sp³-hybridized carbons (Fsp3) is 0.562. The fourth-order valence-electron chi connectivity index (χ4n) is 3.50. The molecule has 0 saturated carbocycles. The van der Waals surface area contributed by atoms with Crippen LogP contribution in [0.1, 0.15) is 31.7 Å². The van der Waals surface area contributed by atoms with E-state index in [0.29, 0.717) is 24.7 Å². The van der Waals surface area contributed by atoms with Gasteiger partial charge in [0.1, 0.15) is 6.04 Å². The molecule has 2 aliphatic rings. The summed E-state index contributed by atoms with van der Waals surface area (Å²) in [5.41, 5.74) is 1.27. The number of carboxylic acid groups (broad SMARTS) is 1. The van der Waals surface area contributed by atoms with Crippen molar-refractivity contribution in [1.29, 1.82) is 0 Å². The lowest BCUT2D eigenvalue weighted by molar-refractivity contribution is -0.138. The first kappa shape index (κ1) is 16.3. The van der Waals surface area contributed by atoms with Crippen LogP contribution in [0.3, 0.4) is 0 Å². The molecule has 1 saturated heterocycles. The number of para-hydroxylation sites is 1. The summed E-state index contributed by atoms with van der Waals surface area (Å²) in [5, 5.41) is 9.47. The number of carboxylic acids is 1. The molecule has 1 atom stereocenters. The quantitative estimate of drug-likeness (QED) is 0.909. The minimum Gasteiger partial charge on any atom is -0.480 e. The van der Waals surface area contributed by atoms with Gasteiger partial charge in [-0.1, -0.05) is 31.5 Å². The van der Waals surface area contributed by atoms with E-state index in [1.54, 1.807) is 24.3 Å². The maximum absolute atomic E-state index is 13.0. The summed E-state index contributed by atoms with van der Waals surface area (Å²) in [5.74, 6) is -0.546. The molecular formula is C16H22N2O4S. The lowest BCUT2D eigenvalue weighted by atomic mass is 9.96. The summed E-state index contributed by atoms with van der Waals surface area (Å²) in [6, 6.07) is 5.98. The van der Waals surface area contributed by atoms with Crippen molar-refractivity contribution >= 4 is 21.9 Å². The normalized spacial score (nSPS) is 23.0. The third-order valence-electron chi connectivity index (χ3n) is 4.94. The second kappa shape index (κ2) is 6.13. The van der Waals surface area contributed by atoms with Crippen molar-refractivity contribution < 1.29 is 18.3 Å². The van der Waals surface area contributed by atoms with Gasteiger partial charge >= 0.3 is 16.2 Å². The van der Waals surface area contributed by atoms with Gasteiger partial charge in [0.05, 0.1) is 5.69 Å². The highest BCUT2D eigenvalue weighted by atomic mass is 32.2. The minimum absolute atomic E-state index is 0.218. The first-order chi connectivity index (χ1) is 10.9. The number of aliphatic carboxylic acids is 1. The van der Waals surface area contributed by atoms with Crippen LogP contribution in [0.25, 0.3) is 0 Å². The zero-order valence-corrected chi connectivity index (χ0v) is 14.0. The smallest absolute Gasteiger partial charge is 0.327 e. The Morgan fingerprint density at radius 3 is 2.52 bits per heavy atom. The molecule has 1 aromatic rings.